The van der Waals surface area contributed by atoms with E-state index in [1.165, 1.54) is 5.56 Å². The molecule has 5 heteroatoms. The number of aromatic nitrogens is 2. The fourth-order valence-electron chi connectivity index (χ4n) is 2.68. The molecule has 0 fully saturated rings. The van der Waals surface area contributed by atoms with Crippen molar-refractivity contribution in [2.45, 2.75) is 40.2 Å². The van der Waals surface area contributed by atoms with Gasteiger partial charge in [0.15, 0.2) is 0 Å². The van der Waals surface area contributed by atoms with Gasteiger partial charge in [-0.1, -0.05) is 26.0 Å². The summed E-state index contributed by atoms with van der Waals surface area (Å²) in [6, 6.07) is 0.236. The van der Waals surface area contributed by atoms with Crippen LogP contribution in [0, 0.1) is 19.8 Å². The molecule has 0 spiro atoms. The van der Waals surface area contributed by atoms with Crippen molar-refractivity contribution in [3.8, 4) is 0 Å². The molecule has 0 unspecified atom stereocenters. The van der Waals surface area contributed by atoms with E-state index in [0.717, 1.165) is 17.8 Å². The largest absolute Gasteiger partial charge is 0.338 e. The molecular formula is C15H24N4O. The Hall–Kier alpha value is -1.78. The van der Waals surface area contributed by atoms with E-state index >= 15 is 0 Å². The Morgan fingerprint density at radius 3 is 2.90 bits per heavy atom. The van der Waals surface area contributed by atoms with Gasteiger partial charge in [-0.05, 0) is 31.7 Å². The molecule has 2 N–H and O–H groups in total. The van der Waals surface area contributed by atoms with Crippen LogP contribution in [0.25, 0.3) is 0 Å². The van der Waals surface area contributed by atoms with Crippen LogP contribution in [0.2, 0.25) is 0 Å². The van der Waals surface area contributed by atoms with Gasteiger partial charge in [-0.25, -0.2) is 4.79 Å². The van der Waals surface area contributed by atoms with E-state index in [1.54, 1.807) is 0 Å². The van der Waals surface area contributed by atoms with Crippen molar-refractivity contribution in [1.29, 1.82) is 0 Å². The topological polar surface area (TPSA) is 61.0 Å². The molecule has 0 saturated heterocycles. The van der Waals surface area contributed by atoms with E-state index in [0.29, 0.717) is 19.0 Å². The molecule has 0 aliphatic carbocycles. The lowest BCUT2D eigenvalue weighted by Crippen LogP contribution is -2.45. The Labute approximate surface area is 120 Å². The summed E-state index contributed by atoms with van der Waals surface area (Å²) >= 11 is 0. The first-order chi connectivity index (χ1) is 9.50. The summed E-state index contributed by atoms with van der Waals surface area (Å²) in [5, 5.41) is 10.1. The summed E-state index contributed by atoms with van der Waals surface area (Å²) in [6.07, 6.45) is 5.00. The third kappa shape index (κ3) is 3.03. The van der Waals surface area contributed by atoms with Crippen LogP contribution >= 0.6 is 0 Å². The molecule has 5 nitrogen and oxygen atoms in total. The number of aryl methyl sites for hydroxylation is 2. The van der Waals surface area contributed by atoms with Crippen LogP contribution in [0.1, 0.15) is 30.8 Å². The van der Waals surface area contributed by atoms with Crippen LogP contribution in [0.3, 0.4) is 0 Å². The van der Waals surface area contributed by atoms with Crippen LogP contribution in [-0.4, -0.2) is 40.3 Å². The molecule has 0 saturated carbocycles. The molecular weight excluding hydrogens is 252 g/mol. The van der Waals surface area contributed by atoms with E-state index in [2.05, 4.69) is 41.5 Å². The van der Waals surface area contributed by atoms with Crippen LogP contribution in [-0.2, 0) is 6.42 Å². The number of hydrogen-bond acceptors (Lipinski definition) is 2. The number of nitrogens with one attached hydrogen (secondary N) is 2. The Balaban J connectivity index is 1.84. The maximum absolute atomic E-state index is 12.2. The molecule has 0 bridgehead atoms. The molecule has 2 amide bonds. The van der Waals surface area contributed by atoms with E-state index in [9.17, 15) is 4.79 Å². The molecule has 1 aliphatic heterocycles. The highest BCUT2D eigenvalue weighted by Crippen LogP contribution is 2.17. The smallest absolute Gasteiger partial charge is 0.318 e. The predicted octanol–water partition coefficient (Wildman–Crippen LogP) is 2.18. The van der Waals surface area contributed by atoms with E-state index in [-0.39, 0.29) is 12.1 Å². The van der Waals surface area contributed by atoms with Gasteiger partial charge in [0.2, 0.25) is 0 Å². The highest BCUT2D eigenvalue weighted by molar-refractivity contribution is 5.75. The molecule has 1 aromatic heterocycles. The van der Waals surface area contributed by atoms with E-state index < -0.39 is 0 Å². The molecule has 0 aromatic carbocycles. The normalized spacial score (nSPS) is 18.1. The zero-order chi connectivity index (χ0) is 14.7. The Kier molecular flexibility index (Phi) is 4.47. The molecule has 1 atom stereocenters. The number of nitrogens with zero attached hydrogens (tertiary/aromatic N) is 2. The third-order valence-corrected chi connectivity index (χ3v) is 3.87. The molecule has 1 aliphatic rings. The summed E-state index contributed by atoms with van der Waals surface area (Å²) in [5.41, 5.74) is 3.30. The van der Waals surface area contributed by atoms with Crippen molar-refractivity contribution >= 4 is 6.03 Å². The lowest BCUT2D eigenvalue weighted by Gasteiger charge is -2.27. The van der Waals surface area contributed by atoms with Gasteiger partial charge >= 0.3 is 6.03 Å². The minimum atomic E-state index is 0.0208. The van der Waals surface area contributed by atoms with Gasteiger partial charge < -0.3 is 10.2 Å². The van der Waals surface area contributed by atoms with Gasteiger partial charge in [0.05, 0.1) is 11.7 Å². The number of hydrogen-bond donors (Lipinski definition) is 2. The quantitative estimate of drug-likeness (QED) is 0.828. The van der Waals surface area contributed by atoms with Gasteiger partial charge in [-0.2, -0.15) is 5.10 Å². The number of amides is 2. The minimum Gasteiger partial charge on any atom is -0.338 e. The van der Waals surface area contributed by atoms with E-state index in [1.807, 2.05) is 18.7 Å². The Morgan fingerprint density at radius 2 is 2.30 bits per heavy atom. The first-order valence-corrected chi connectivity index (χ1v) is 7.22. The molecule has 2 rings (SSSR count). The maximum Gasteiger partial charge on any atom is 0.318 e. The van der Waals surface area contributed by atoms with Crippen molar-refractivity contribution in [2.75, 3.05) is 13.1 Å². The second kappa shape index (κ2) is 6.11. The lowest BCUT2D eigenvalue weighted by atomic mass is 10.1. The van der Waals surface area contributed by atoms with Crippen molar-refractivity contribution in [2.24, 2.45) is 5.92 Å². The van der Waals surface area contributed by atoms with Crippen LogP contribution in [0.5, 0.6) is 0 Å². The number of carbonyl (C=O) groups is 1. The third-order valence-electron chi connectivity index (χ3n) is 3.87. The second-order valence-electron chi connectivity index (χ2n) is 5.71. The van der Waals surface area contributed by atoms with Crippen molar-refractivity contribution < 1.29 is 4.79 Å². The summed E-state index contributed by atoms with van der Waals surface area (Å²) in [6.45, 7) is 9.62. The van der Waals surface area contributed by atoms with Crippen LogP contribution in [0.4, 0.5) is 4.79 Å². The summed E-state index contributed by atoms with van der Waals surface area (Å²) in [5.74, 6) is 0.442. The standard InChI is InChI=1S/C15H24N4O/c1-10(2)14-6-5-9-19(14)15(20)16-8-7-13-11(3)17-18-12(13)4/h5-6,10,14H,7-9H2,1-4H3,(H,16,20)(H,17,18)/t14-/m0/s1. The number of rotatable bonds is 4. The van der Waals surface area contributed by atoms with Crippen LogP contribution < -0.4 is 5.32 Å². The first-order valence-electron chi connectivity index (χ1n) is 7.22. The average Bonchev–Trinajstić information content (AvgIpc) is 2.99. The van der Waals surface area contributed by atoms with Gasteiger partial charge in [-0.15, -0.1) is 0 Å². The molecule has 110 valence electrons. The van der Waals surface area contributed by atoms with Crippen LogP contribution in [0.15, 0.2) is 12.2 Å². The number of H-pyrrole nitrogens is 1. The minimum absolute atomic E-state index is 0.0208. The average molecular weight is 276 g/mol. The second-order valence-corrected chi connectivity index (χ2v) is 5.71. The summed E-state index contributed by atoms with van der Waals surface area (Å²) in [7, 11) is 0. The monoisotopic (exact) mass is 276 g/mol. The number of urea groups is 1. The fraction of sp³-hybridized carbons (Fsp3) is 0.600. The Morgan fingerprint density at radius 1 is 1.55 bits per heavy atom. The maximum atomic E-state index is 12.2. The molecule has 2 heterocycles. The molecule has 20 heavy (non-hydrogen) atoms. The number of carbonyl (C=O) groups excluding carboxylic acids is 1. The predicted molar refractivity (Wildman–Crippen MR) is 79.6 cm³/mol. The van der Waals surface area contributed by atoms with Gasteiger partial charge in [-0.3, -0.25) is 5.10 Å². The SMILES string of the molecule is Cc1n[nH]c(C)c1CCNC(=O)N1CC=C[C@H]1C(C)C. The first kappa shape index (κ1) is 14.6. The zero-order valence-electron chi connectivity index (χ0n) is 12.7. The zero-order valence-corrected chi connectivity index (χ0v) is 12.7. The summed E-state index contributed by atoms with van der Waals surface area (Å²) in [4.78, 5) is 14.1. The van der Waals surface area contributed by atoms with Crippen molar-refractivity contribution in [3.05, 3.63) is 29.1 Å². The summed E-state index contributed by atoms with van der Waals surface area (Å²) < 4.78 is 0. The van der Waals surface area contributed by atoms with Crippen molar-refractivity contribution in [1.82, 2.24) is 20.4 Å². The highest BCUT2D eigenvalue weighted by atomic mass is 16.2. The number of aromatic amines is 1. The molecule has 1 aromatic rings. The van der Waals surface area contributed by atoms with Gasteiger partial charge in [0.1, 0.15) is 0 Å². The molecule has 0 radical (unpaired) electrons. The van der Waals surface area contributed by atoms with E-state index in [4.69, 9.17) is 0 Å². The van der Waals surface area contributed by atoms with Gasteiger partial charge in [0.25, 0.3) is 0 Å². The lowest BCUT2D eigenvalue weighted by molar-refractivity contribution is 0.186. The fourth-order valence-corrected chi connectivity index (χ4v) is 2.68. The Bertz CT molecular complexity index is 484. The highest BCUT2D eigenvalue weighted by Gasteiger charge is 2.26. The van der Waals surface area contributed by atoms with Gasteiger partial charge in [0, 0.05) is 18.8 Å². The van der Waals surface area contributed by atoms with Crippen molar-refractivity contribution in [3.63, 3.8) is 0 Å².